The van der Waals surface area contributed by atoms with Crippen molar-refractivity contribution in [2.24, 2.45) is 23.2 Å². The van der Waals surface area contributed by atoms with Gasteiger partial charge in [0.15, 0.2) is 0 Å². The van der Waals surface area contributed by atoms with Gasteiger partial charge in [0.1, 0.15) is 0 Å². The van der Waals surface area contributed by atoms with E-state index >= 15 is 0 Å². The Morgan fingerprint density at radius 1 is 1.50 bits per heavy atom. The van der Waals surface area contributed by atoms with Gasteiger partial charge in [0.05, 0.1) is 6.54 Å². The van der Waals surface area contributed by atoms with E-state index in [0.29, 0.717) is 23.8 Å². The molecule has 3 atom stereocenters. The Balaban J connectivity index is 1.33. The molecule has 106 valence electrons. The highest BCUT2D eigenvalue weighted by molar-refractivity contribution is 5.80. The molecule has 1 amide bonds. The standard InChI is InChI=1S/C16H21N3O/c1-11-4-7-18-19(11)9-8-17-15(20)13-10-12-2-3-14(13)16(12)5-6-16/h2-4,7,12-14H,5-6,8-10H2,1H3,(H,17,20)/t12-,13+,14-/m0/s1. The molecule has 2 bridgehead atoms. The Morgan fingerprint density at radius 3 is 3.00 bits per heavy atom. The number of amides is 1. The van der Waals surface area contributed by atoms with E-state index < -0.39 is 0 Å². The summed E-state index contributed by atoms with van der Waals surface area (Å²) in [5, 5.41) is 7.34. The van der Waals surface area contributed by atoms with Crippen LogP contribution in [0, 0.1) is 30.1 Å². The summed E-state index contributed by atoms with van der Waals surface area (Å²) in [5.74, 6) is 1.65. The summed E-state index contributed by atoms with van der Waals surface area (Å²) in [7, 11) is 0. The normalized spacial score (nSPS) is 31.9. The van der Waals surface area contributed by atoms with E-state index in [9.17, 15) is 4.79 Å². The molecule has 4 rings (SSSR count). The first-order valence-electron chi connectivity index (χ1n) is 7.65. The highest BCUT2D eigenvalue weighted by atomic mass is 16.1. The summed E-state index contributed by atoms with van der Waals surface area (Å²) in [4.78, 5) is 12.4. The van der Waals surface area contributed by atoms with Crippen LogP contribution >= 0.6 is 0 Å². The lowest BCUT2D eigenvalue weighted by Gasteiger charge is -2.19. The number of hydrogen-bond donors (Lipinski definition) is 1. The summed E-state index contributed by atoms with van der Waals surface area (Å²) in [5.41, 5.74) is 1.64. The zero-order valence-corrected chi connectivity index (χ0v) is 11.9. The van der Waals surface area contributed by atoms with Gasteiger partial charge in [-0.05, 0) is 49.5 Å². The molecule has 2 saturated carbocycles. The summed E-state index contributed by atoms with van der Waals surface area (Å²) in [6, 6.07) is 1.99. The summed E-state index contributed by atoms with van der Waals surface area (Å²) < 4.78 is 1.93. The van der Waals surface area contributed by atoms with Gasteiger partial charge in [-0.3, -0.25) is 9.48 Å². The second-order valence-electron chi connectivity index (χ2n) is 6.58. The van der Waals surface area contributed by atoms with Crippen molar-refractivity contribution in [3.8, 4) is 0 Å². The van der Waals surface area contributed by atoms with Crippen molar-refractivity contribution < 1.29 is 4.79 Å². The van der Waals surface area contributed by atoms with Crippen molar-refractivity contribution in [2.45, 2.75) is 32.7 Å². The minimum absolute atomic E-state index is 0.214. The van der Waals surface area contributed by atoms with Crippen LogP contribution in [0.4, 0.5) is 0 Å². The molecule has 0 unspecified atom stereocenters. The third-order valence-electron chi connectivity index (χ3n) is 5.61. The maximum Gasteiger partial charge on any atom is 0.223 e. The van der Waals surface area contributed by atoms with Gasteiger partial charge in [-0.2, -0.15) is 5.10 Å². The number of aryl methyl sites for hydroxylation is 1. The van der Waals surface area contributed by atoms with E-state index in [2.05, 4.69) is 22.6 Å². The highest BCUT2D eigenvalue weighted by Crippen LogP contribution is 2.70. The van der Waals surface area contributed by atoms with Crippen LogP contribution in [0.1, 0.15) is 25.0 Å². The van der Waals surface area contributed by atoms with Gasteiger partial charge in [-0.15, -0.1) is 0 Å². The summed E-state index contributed by atoms with van der Waals surface area (Å²) in [6.07, 6.45) is 10.2. The molecular formula is C16H21N3O. The van der Waals surface area contributed by atoms with Crippen molar-refractivity contribution in [3.63, 3.8) is 0 Å². The molecule has 0 saturated heterocycles. The van der Waals surface area contributed by atoms with Crippen molar-refractivity contribution >= 4 is 5.91 Å². The van der Waals surface area contributed by atoms with Gasteiger partial charge in [-0.25, -0.2) is 0 Å². The van der Waals surface area contributed by atoms with Crippen molar-refractivity contribution in [1.29, 1.82) is 0 Å². The zero-order chi connectivity index (χ0) is 13.7. The van der Waals surface area contributed by atoms with E-state index in [1.807, 2.05) is 17.7 Å². The molecule has 4 heteroatoms. The molecule has 0 aromatic carbocycles. The molecule has 0 aliphatic heterocycles. The van der Waals surface area contributed by atoms with Crippen molar-refractivity contribution in [3.05, 3.63) is 30.1 Å². The van der Waals surface area contributed by atoms with Crippen LogP contribution in [0.5, 0.6) is 0 Å². The molecule has 1 spiro atoms. The smallest absolute Gasteiger partial charge is 0.223 e. The van der Waals surface area contributed by atoms with Crippen LogP contribution in [0.25, 0.3) is 0 Å². The fourth-order valence-corrected chi connectivity index (χ4v) is 4.32. The summed E-state index contributed by atoms with van der Waals surface area (Å²) in [6.45, 7) is 3.46. The number of nitrogens with one attached hydrogen (secondary N) is 1. The summed E-state index contributed by atoms with van der Waals surface area (Å²) >= 11 is 0. The van der Waals surface area contributed by atoms with Gasteiger partial charge >= 0.3 is 0 Å². The first-order valence-corrected chi connectivity index (χ1v) is 7.65. The Labute approximate surface area is 119 Å². The molecule has 1 aromatic heterocycles. The molecule has 3 aliphatic carbocycles. The van der Waals surface area contributed by atoms with Gasteiger partial charge in [0, 0.05) is 24.4 Å². The molecule has 1 heterocycles. The molecule has 2 fully saturated rings. The average Bonchev–Trinajstić information content (AvgIpc) is 2.94. The minimum atomic E-state index is 0.214. The van der Waals surface area contributed by atoms with Gasteiger partial charge in [-0.1, -0.05) is 12.2 Å². The first-order chi connectivity index (χ1) is 9.71. The second kappa shape index (κ2) is 4.21. The number of carbonyl (C=O) groups is 1. The minimum Gasteiger partial charge on any atom is -0.354 e. The lowest BCUT2D eigenvalue weighted by molar-refractivity contribution is -0.125. The molecule has 0 radical (unpaired) electrons. The fraction of sp³-hybridized carbons (Fsp3) is 0.625. The van der Waals surface area contributed by atoms with E-state index in [-0.39, 0.29) is 11.8 Å². The largest absolute Gasteiger partial charge is 0.354 e. The Hall–Kier alpha value is -1.58. The molecule has 1 N–H and O–H groups in total. The van der Waals surface area contributed by atoms with Crippen LogP contribution < -0.4 is 5.32 Å². The molecule has 20 heavy (non-hydrogen) atoms. The van der Waals surface area contributed by atoms with Gasteiger partial charge in [0.25, 0.3) is 0 Å². The molecular weight excluding hydrogens is 250 g/mol. The SMILES string of the molecule is Cc1ccnn1CCNC(=O)[C@@H]1C[C@@H]2C=C[C@@H]1C21CC1. The topological polar surface area (TPSA) is 46.9 Å². The van der Waals surface area contributed by atoms with E-state index in [4.69, 9.17) is 0 Å². The van der Waals surface area contributed by atoms with Crippen LogP contribution in [0.2, 0.25) is 0 Å². The van der Waals surface area contributed by atoms with E-state index in [0.717, 1.165) is 18.7 Å². The Kier molecular flexibility index (Phi) is 2.56. The van der Waals surface area contributed by atoms with Crippen LogP contribution in [-0.2, 0) is 11.3 Å². The van der Waals surface area contributed by atoms with Gasteiger partial charge in [0.2, 0.25) is 5.91 Å². The number of allylic oxidation sites excluding steroid dienone is 2. The predicted octanol–water partition coefficient (Wildman–Crippen LogP) is 1.91. The van der Waals surface area contributed by atoms with Crippen LogP contribution in [-0.4, -0.2) is 22.2 Å². The number of rotatable bonds is 4. The third-order valence-corrected chi connectivity index (χ3v) is 5.61. The first kappa shape index (κ1) is 12.2. The fourth-order valence-electron chi connectivity index (χ4n) is 4.32. The third kappa shape index (κ3) is 1.67. The van der Waals surface area contributed by atoms with Crippen molar-refractivity contribution in [1.82, 2.24) is 15.1 Å². The molecule has 4 nitrogen and oxygen atoms in total. The van der Waals surface area contributed by atoms with Crippen LogP contribution in [0.15, 0.2) is 24.4 Å². The Morgan fingerprint density at radius 2 is 2.35 bits per heavy atom. The van der Waals surface area contributed by atoms with Gasteiger partial charge < -0.3 is 5.32 Å². The zero-order valence-electron chi connectivity index (χ0n) is 11.9. The second-order valence-corrected chi connectivity index (χ2v) is 6.58. The number of nitrogens with zero attached hydrogens (tertiary/aromatic N) is 2. The average molecular weight is 271 g/mol. The van der Waals surface area contributed by atoms with E-state index in [1.165, 1.54) is 12.8 Å². The maximum absolute atomic E-state index is 12.4. The lowest BCUT2D eigenvalue weighted by Crippen LogP contribution is -2.35. The predicted molar refractivity (Wildman–Crippen MR) is 75.9 cm³/mol. The molecule has 1 aromatic rings. The monoisotopic (exact) mass is 271 g/mol. The van der Waals surface area contributed by atoms with Crippen LogP contribution in [0.3, 0.4) is 0 Å². The molecule has 3 aliphatic rings. The lowest BCUT2D eigenvalue weighted by atomic mass is 9.88. The number of carbonyl (C=O) groups excluding carboxylic acids is 1. The highest BCUT2D eigenvalue weighted by Gasteiger charge is 2.63. The quantitative estimate of drug-likeness (QED) is 0.850. The van der Waals surface area contributed by atoms with Crippen molar-refractivity contribution in [2.75, 3.05) is 6.54 Å². The number of hydrogen-bond acceptors (Lipinski definition) is 2. The van der Waals surface area contributed by atoms with E-state index in [1.54, 1.807) is 6.20 Å². The maximum atomic E-state index is 12.4. The number of aromatic nitrogens is 2. The Bertz CT molecular complexity index is 570.